The summed E-state index contributed by atoms with van der Waals surface area (Å²) in [5.41, 5.74) is 1.14. The van der Waals surface area contributed by atoms with Gasteiger partial charge < -0.3 is 14.4 Å². The molecule has 6 heteroatoms. The lowest BCUT2D eigenvalue weighted by Gasteiger charge is -2.33. The molecule has 6 nitrogen and oxygen atoms in total. The second kappa shape index (κ2) is 5.79. The zero-order valence-corrected chi connectivity index (χ0v) is 11.0. The van der Waals surface area contributed by atoms with Gasteiger partial charge in [0.25, 0.3) is 5.91 Å². The largest absolute Gasteiger partial charge is 0.467 e. The van der Waals surface area contributed by atoms with Gasteiger partial charge in [0, 0.05) is 18.4 Å². The van der Waals surface area contributed by atoms with E-state index in [-0.39, 0.29) is 12.5 Å². The van der Waals surface area contributed by atoms with Crippen molar-refractivity contribution in [3.8, 4) is 0 Å². The van der Waals surface area contributed by atoms with E-state index in [4.69, 9.17) is 9.47 Å². The average Bonchev–Trinajstić information content (AvgIpc) is 2.46. The zero-order valence-electron chi connectivity index (χ0n) is 11.0. The summed E-state index contributed by atoms with van der Waals surface area (Å²) in [4.78, 5) is 29.7. The number of carbonyl (C=O) groups is 2. The Morgan fingerprint density at radius 1 is 1.53 bits per heavy atom. The van der Waals surface area contributed by atoms with Crippen molar-refractivity contribution in [3.63, 3.8) is 0 Å². The van der Waals surface area contributed by atoms with E-state index in [1.54, 1.807) is 25.3 Å². The number of hydrogen-bond acceptors (Lipinski definition) is 5. The first-order valence-corrected chi connectivity index (χ1v) is 6.03. The number of hydrogen-bond donors (Lipinski definition) is 0. The Hall–Kier alpha value is -1.95. The summed E-state index contributed by atoms with van der Waals surface area (Å²) in [6.07, 6.45) is 1.63. The number of methoxy groups -OCH3 is 1. The maximum atomic E-state index is 12.5. The maximum Gasteiger partial charge on any atom is 0.331 e. The van der Waals surface area contributed by atoms with Crippen molar-refractivity contribution in [1.29, 1.82) is 0 Å². The molecule has 1 amide bonds. The van der Waals surface area contributed by atoms with Crippen LogP contribution in [0, 0.1) is 6.92 Å². The van der Waals surface area contributed by atoms with Gasteiger partial charge >= 0.3 is 5.97 Å². The fourth-order valence-corrected chi connectivity index (χ4v) is 2.04. The van der Waals surface area contributed by atoms with E-state index in [1.807, 2.05) is 0 Å². The molecule has 0 bridgehead atoms. The molecule has 19 heavy (non-hydrogen) atoms. The second-order valence-electron chi connectivity index (χ2n) is 4.25. The van der Waals surface area contributed by atoms with E-state index >= 15 is 0 Å². The molecule has 0 saturated carbocycles. The molecule has 0 radical (unpaired) electrons. The van der Waals surface area contributed by atoms with Gasteiger partial charge in [-0.3, -0.25) is 9.78 Å². The SMILES string of the molecule is COC(=O)C1COCCN1C(=O)c1cccnc1C. The molecule has 1 aromatic heterocycles. The molecule has 1 unspecified atom stereocenters. The van der Waals surface area contributed by atoms with Crippen LogP contribution < -0.4 is 0 Å². The Morgan fingerprint density at radius 3 is 3.00 bits per heavy atom. The third-order valence-electron chi connectivity index (χ3n) is 3.10. The smallest absolute Gasteiger partial charge is 0.331 e. The molecule has 1 aliphatic rings. The van der Waals surface area contributed by atoms with Crippen LogP contribution in [-0.4, -0.2) is 54.7 Å². The monoisotopic (exact) mass is 264 g/mol. The Morgan fingerprint density at radius 2 is 2.32 bits per heavy atom. The van der Waals surface area contributed by atoms with Gasteiger partial charge in [-0.05, 0) is 19.1 Å². The predicted molar refractivity (Wildman–Crippen MR) is 66.6 cm³/mol. The van der Waals surface area contributed by atoms with Crippen LogP contribution in [0.25, 0.3) is 0 Å². The first-order chi connectivity index (χ1) is 9.15. The minimum absolute atomic E-state index is 0.164. The highest BCUT2D eigenvalue weighted by molar-refractivity contribution is 5.97. The first kappa shape index (κ1) is 13.5. The van der Waals surface area contributed by atoms with Crippen LogP contribution in [0.15, 0.2) is 18.3 Å². The number of morpholine rings is 1. The number of rotatable bonds is 2. The van der Waals surface area contributed by atoms with E-state index < -0.39 is 12.0 Å². The Labute approximate surface area is 111 Å². The van der Waals surface area contributed by atoms with Crippen molar-refractivity contribution in [2.75, 3.05) is 26.9 Å². The lowest BCUT2D eigenvalue weighted by molar-refractivity contribution is -0.151. The quantitative estimate of drug-likeness (QED) is 0.723. The third kappa shape index (κ3) is 2.73. The maximum absolute atomic E-state index is 12.5. The summed E-state index contributed by atoms with van der Waals surface area (Å²) in [5, 5.41) is 0. The number of esters is 1. The minimum Gasteiger partial charge on any atom is -0.467 e. The number of ether oxygens (including phenoxy) is 2. The standard InChI is InChI=1S/C13H16N2O4/c1-9-10(4-3-5-14-9)12(16)15-6-7-19-8-11(15)13(17)18-2/h3-5,11H,6-8H2,1-2H3. The molecule has 1 aliphatic heterocycles. The topological polar surface area (TPSA) is 68.7 Å². The molecular formula is C13H16N2O4. The van der Waals surface area contributed by atoms with Crippen LogP contribution >= 0.6 is 0 Å². The third-order valence-corrected chi connectivity index (χ3v) is 3.10. The van der Waals surface area contributed by atoms with Crippen molar-refractivity contribution < 1.29 is 19.1 Å². The van der Waals surface area contributed by atoms with Crippen LogP contribution in [-0.2, 0) is 14.3 Å². The Bertz CT molecular complexity index is 489. The first-order valence-electron chi connectivity index (χ1n) is 6.03. The fourth-order valence-electron chi connectivity index (χ4n) is 2.04. The summed E-state index contributed by atoms with van der Waals surface area (Å²) in [6.45, 7) is 2.71. The van der Waals surface area contributed by atoms with Gasteiger partial charge in [-0.1, -0.05) is 0 Å². The Kier molecular flexibility index (Phi) is 4.11. The van der Waals surface area contributed by atoms with Gasteiger partial charge in [0.05, 0.1) is 25.9 Å². The van der Waals surface area contributed by atoms with Gasteiger partial charge in [0.15, 0.2) is 6.04 Å². The number of nitrogens with zero attached hydrogens (tertiary/aromatic N) is 2. The summed E-state index contributed by atoms with van der Waals surface area (Å²) < 4.78 is 9.95. The van der Waals surface area contributed by atoms with E-state index in [0.29, 0.717) is 24.4 Å². The van der Waals surface area contributed by atoms with E-state index in [2.05, 4.69) is 4.98 Å². The molecule has 1 fully saturated rings. The zero-order chi connectivity index (χ0) is 13.8. The van der Waals surface area contributed by atoms with Gasteiger partial charge in [-0.15, -0.1) is 0 Å². The molecule has 0 aromatic carbocycles. The van der Waals surface area contributed by atoms with Crippen molar-refractivity contribution in [2.45, 2.75) is 13.0 Å². The predicted octanol–water partition coefficient (Wildman–Crippen LogP) is 0.404. The van der Waals surface area contributed by atoms with Crippen LogP contribution in [0.5, 0.6) is 0 Å². The average molecular weight is 264 g/mol. The highest BCUT2D eigenvalue weighted by Crippen LogP contribution is 2.15. The normalized spacial score (nSPS) is 19.1. The van der Waals surface area contributed by atoms with Crippen molar-refractivity contribution in [1.82, 2.24) is 9.88 Å². The number of aromatic nitrogens is 1. The molecule has 1 saturated heterocycles. The molecule has 2 heterocycles. The highest BCUT2D eigenvalue weighted by Gasteiger charge is 2.34. The number of pyridine rings is 1. The number of carbonyl (C=O) groups excluding carboxylic acids is 2. The van der Waals surface area contributed by atoms with Gasteiger partial charge in [0.2, 0.25) is 0 Å². The Balaban J connectivity index is 2.25. The van der Waals surface area contributed by atoms with Gasteiger partial charge in [0.1, 0.15) is 0 Å². The summed E-state index contributed by atoms with van der Waals surface area (Å²) in [6, 6.07) is 2.72. The highest BCUT2D eigenvalue weighted by atomic mass is 16.5. The fraction of sp³-hybridized carbons (Fsp3) is 0.462. The molecule has 2 rings (SSSR count). The molecule has 102 valence electrons. The van der Waals surface area contributed by atoms with Crippen molar-refractivity contribution >= 4 is 11.9 Å². The van der Waals surface area contributed by atoms with Gasteiger partial charge in [-0.25, -0.2) is 4.79 Å². The van der Waals surface area contributed by atoms with Crippen LogP contribution in [0.1, 0.15) is 16.1 Å². The van der Waals surface area contributed by atoms with E-state index in [1.165, 1.54) is 12.0 Å². The summed E-state index contributed by atoms with van der Waals surface area (Å²) in [7, 11) is 1.30. The lowest BCUT2D eigenvalue weighted by atomic mass is 10.1. The molecular weight excluding hydrogens is 248 g/mol. The molecule has 0 spiro atoms. The second-order valence-corrected chi connectivity index (χ2v) is 4.25. The van der Waals surface area contributed by atoms with Crippen LogP contribution in [0.3, 0.4) is 0 Å². The number of aryl methyl sites for hydroxylation is 1. The molecule has 1 aromatic rings. The van der Waals surface area contributed by atoms with Crippen LogP contribution in [0.4, 0.5) is 0 Å². The molecule has 0 aliphatic carbocycles. The van der Waals surface area contributed by atoms with Crippen molar-refractivity contribution in [2.24, 2.45) is 0 Å². The lowest BCUT2D eigenvalue weighted by Crippen LogP contribution is -2.53. The van der Waals surface area contributed by atoms with E-state index in [0.717, 1.165) is 0 Å². The molecule has 1 atom stereocenters. The van der Waals surface area contributed by atoms with Crippen molar-refractivity contribution in [3.05, 3.63) is 29.6 Å². The van der Waals surface area contributed by atoms with Crippen LogP contribution in [0.2, 0.25) is 0 Å². The molecule has 0 N–H and O–H groups in total. The number of amides is 1. The summed E-state index contributed by atoms with van der Waals surface area (Å²) in [5.74, 6) is -0.682. The summed E-state index contributed by atoms with van der Waals surface area (Å²) >= 11 is 0. The minimum atomic E-state index is -0.689. The van der Waals surface area contributed by atoms with E-state index in [9.17, 15) is 9.59 Å². The van der Waals surface area contributed by atoms with Gasteiger partial charge in [-0.2, -0.15) is 0 Å².